The second kappa shape index (κ2) is 4.84. The minimum atomic E-state index is -0.239. The summed E-state index contributed by atoms with van der Waals surface area (Å²) in [6.45, 7) is 2.19. The highest BCUT2D eigenvalue weighted by Crippen LogP contribution is 2.59. The van der Waals surface area contributed by atoms with Gasteiger partial charge in [0.25, 0.3) is 0 Å². The van der Waals surface area contributed by atoms with Crippen molar-refractivity contribution < 1.29 is 9.53 Å². The number of ether oxygens (including phenoxy) is 1. The predicted octanol–water partition coefficient (Wildman–Crippen LogP) is 4.82. The van der Waals surface area contributed by atoms with Gasteiger partial charge in [0, 0.05) is 4.47 Å². The molecule has 0 N–H and O–H groups in total. The van der Waals surface area contributed by atoms with Crippen LogP contribution in [0.15, 0.2) is 28.7 Å². The Kier molecular flexibility index (Phi) is 3.18. The Hall–Kier alpha value is -0.830. The van der Waals surface area contributed by atoms with E-state index in [1.54, 1.807) is 0 Å². The standard InChI is InChI=1S/C18H21BrO2/c1-18(21-17(20)13-2-4-16(19)5-3-13)14-7-11-6-12(9-14)10-15(18)8-11/h2-5,11-12,14-15H,6-10H2,1H3. The average molecular weight is 349 g/mol. The van der Waals surface area contributed by atoms with E-state index in [4.69, 9.17) is 4.74 Å². The first-order chi connectivity index (χ1) is 10.0. The SMILES string of the molecule is CC1(OC(=O)c2ccc(Br)cc2)C2CC3CC(C2)CC1C3. The molecule has 0 heterocycles. The molecule has 0 aromatic heterocycles. The number of rotatable bonds is 2. The zero-order valence-corrected chi connectivity index (χ0v) is 13.9. The van der Waals surface area contributed by atoms with Gasteiger partial charge in [-0.25, -0.2) is 4.79 Å². The van der Waals surface area contributed by atoms with Gasteiger partial charge in [-0.3, -0.25) is 0 Å². The molecule has 4 bridgehead atoms. The molecule has 21 heavy (non-hydrogen) atoms. The Morgan fingerprint density at radius 1 is 1.05 bits per heavy atom. The van der Waals surface area contributed by atoms with Crippen LogP contribution in [0.5, 0.6) is 0 Å². The summed E-state index contributed by atoms with van der Waals surface area (Å²) >= 11 is 3.40. The fourth-order valence-electron chi connectivity index (χ4n) is 5.13. The van der Waals surface area contributed by atoms with Crippen molar-refractivity contribution >= 4 is 21.9 Å². The summed E-state index contributed by atoms with van der Waals surface area (Å²) in [5, 5.41) is 0. The maximum atomic E-state index is 12.5. The van der Waals surface area contributed by atoms with E-state index in [-0.39, 0.29) is 11.6 Å². The van der Waals surface area contributed by atoms with E-state index in [0.717, 1.165) is 16.3 Å². The second-order valence-electron chi connectivity index (χ2n) is 7.38. The van der Waals surface area contributed by atoms with Crippen LogP contribution in [-0.2, 0) is 4.74 Å². The van der Waals surface area contributed by atoms with Gasteiger partial charge in [0.05, 0.1) is 5.56 Å². The summed E-state index contributed by atoms with van der Waals surface area (Å²) in [4.78, 5) is 12.5. The van der Waals surface area contributed by atoms with Gasteiger partial charge < -0.3 is 4.74 Å². The van der Waals surface area contributed by atoms with Crippen molar-refractivity contribution in [3.05, 3.63) is 34.3 Å². The van der Waals surface area contributed by atoms with Crippen LogP contribution in [0.2, 0.25) is 0 Å². The van der Waals surface area contributed by atoms with Gasteiger partial charge in [-0.15, -0.1) is 0 Å². The van der Waals surface area contributed by atoms with Gasteiger partial charge in [-0.05, 0) is 87.0 Å². The van der Waals surface area contributed by atoms with Crippen molar-refractivity contribution in [2.24, 2.45) is 23.7 Å². The Morgan fingerprint density at radius 2 is 1.57 bits per heavy atom. The molecule has 0 atom stereocenters. The highest BCUT2D eigenvalue weighted by Gasteiger charge is 2.57. The summed E-state index contributed by atoms with van der Waals surface area (Å²) in [5.74, 6) is 2.79. The van der Waals surface area contributed by atoms with Crippen LogP contribution < -0.4 is 0 Å². The predicted molar refractivity (Wildman–Crippen MR) is 85.0 cm³/mol. The van der Waals surface area contributed by atoms with Crippen LogP contribution >= 0.6 is 15.9 Å². The van der Waals surface area contributed by atoms with Gasteiger partial charge >= 0.3 is 5.97 Å². The molecule has 1 aromatic rings. The number of esters is 1. The highest BCUT2D eigenvalue weighted by molar-refractivity contribution is 9.10. The van der Waals surface area contributed by atoms with Crippen LogP contribution in [0.4, 0.5) is 0 Å². The van der Waals surface area contributed by atoms with Gasteiger partial charge in [0.1, 0.15) is 5.60 Å². The molecular formula is C18H21BrO2. The monoisotopic (exact) mass is 348 g/mol. The van der Waals surface area contributed by atoms with Crippen LogP contribution in [-0.4, -0.2) is 11.6 Å². The van der Waals surface area contributed by atoms with Crippen LogP contribution in [0, 0.1) is 23.7 Å². The lowest BCUT2D eigenvalue weighted by atomic mass is 9.50. The molecule has 2 nitrogen and oxygen atoms in total. The molecule has 4 aliphatic carbocycles. The summed E-state index contributed by atoms with van der Waals surface area (Å²) in [7, 11) is 0. The van der Waals surface area contributed by atoms with Crippen molar-refractivity contribution in [2.75, 3.05) is 0 Å². The van der Waals surface area contributed by atoms with Crippen molar-refractivity contribution in [1.82, 2.24) is 0 Å². The van der Waals surface area contributed by atoms with E-state index < -0.39 is 0 Å². The molecule has 5 rings (SSSR count). The molecule has 3 heteroatoms. The zero-order valence-electron chi connectivity index (χ0n) is 12.3. The Labute approximate surface area is 134 Å². The number of carbonyl (C=O) groups is 1. The molecule has 4 fully saturated rings. The Balaban J connectivity index is 1.56. The first-order valence-corrected chi connectivity index (χ1v) is 8.83. The number of hydrogen-bond donors (Lipinski definition) is 0. The molecule has 0 radical (unpaired) electrons. The molecular weight excluding hydrogens is 328 g/mol. The van der Waals surface area contributed by atoms with Crippen LogP contribution in [0.1, 0.15) is 49.4 Å². The molecule has 112 valence electrons. The van der Waals surface area contributed by atoms with Gasteiger partial charge in [-0.2, -0.15) is 0 Å². The first kappa shape index (κ1) is 13.8. The lowest BCUT2D eigenvalue weighted by Gasteiger charge is -2.59. The smallest absolute Gasteiger partial charge is 0.338 e. The fourth-order valence-corrected chi connectivity index (χ4v) is 5.40. The number of hydrogen-bond acceptors (Lipinski definition) is 2. The van der Waals surface area contributed by atoms with Gasteiger partial charge in [-0.1, -0.05) is 15.9 Å². The van der Waals surface area contributed by atoms with E-state index in [1.807, 2.05) is 24.3 Å². The van der Waals surface area contributed by atoms with E-state index in [1.165, 1.54) is 32.1 Å². The van der Waals surface area contributed by atoms with E-state index in [2.05, 4.69) is 22.9 Å². The van der Waals surface area contributed by atoms with E-state index in [0.29, 0.717) is 17.4 Å². The summed E-state index contributed by atoms with van der Waals surface area (Å²) in [5.41, 5.74) is 0.422. The lowest BCUT2D eigenvalue weighted by Crippen LogP contribution is -2.58. The Bertz CT molecular complexity index is 535. The summed E-state index contributed by atoms with van der Waals surface area (Å²) < 4.78 is 7.07. The van der Waals surface area contributed by atoms with Gasteiger partial charge in [0.2, 0.25) is 0 Å². The van der Waals surface area contributed by atoms with Crippen molar-refractivity contribution in [2.45, 2.75) is 44.6 Å². The largest absolute Gasteiger partial charge is 0.455 e. The van der Waals surface area contributed by atoms with E-state index in [9.17, 15) is 4.79 Å². The number of carbonyl (C=O) groups excluding carboxylic acids is 1. The zero-order chi connectivity index (χ0) is 14.6. The maximum Gasteiger partial charge on any atom is 0.338 e. The maximum absolute atomic E-state index is 12.5. The normalized spacial score (nSPS) is 40.3. The fraction of sp³-hybridized carbons (Fsp3) is 0.611. The molecule has 0 saturated heterocycles. The molecule has 0 unspecified atom stereocenters. The minimum Gasteiger partial charge on any atom is -0.455 e. The van der Waals surface area contributed by atoms with Gasteiger partial charge in [0.15, 0.2) is 0 Å². The third kappa shape index (κ3) is 2.25. The molecule has 4 aliphatic rings. The van der Waals surface area contributed by atoms with Crippen molar-refractivity contribution in [3.63, 3.8) is 0 Å². The highest BCUT2D eigenvalue weighted by atomic mass is 79.9. The van der Waals surface area contributed by atoms with E-state index >= 15 is 0 Å². The minimum absolute atomic E-state index is 0.155. The number of halogens is 1. The Morgan fingerprint density at radius 3 is 2.10 bits per heavy atom. The number of benzene rings is 1. The summed E-state index contributed by atoms with van der Waals surface area (Å²) in [6.07, 6.45) is 6.46. The topological polar surface area (TPSA) is 26.3 Å². The third-order valence-electron chi connectivity index (χ3n) is 6.15. The lowest BCUT2D eigenvalue weighted by molar-refractivity contribution is -0.165. The average Bonchev–Trinajstić information content (AvgIpc) is 2.45. The second-order valence-corrected chi connectivity index (χ2v) is 8.30. The first-order valence-electron chi connectivity index (χ1n) is 8.03. The van der Waals surface area contributed by atoms with Crippen molar-refractivity contribution in [1.29, 1.82) is 0 Å². The van der Waals surface area contributed by atoms with Crippen molar-refractivity contribution in [3.8, 4) is 0 Å². The molecule has 0 amide bonds. The third-order valence-corrected chi connectivity index (χ3v) is 6.68. The molecule has 0 spiro atoms. The molecule has 1 aromatic carbocycles. The van der Waals surface area contributed by atoms with Crippen LogP contribution in [0.25, 0.3) is 0 Å². The summed E-state index contributed by atoms with van der Waals surface area (Å²) in [6, 6.07) is 7.48. The van der Waals surface area contributed by atoms with Crippen LogP contribution in [0.3, 0.4) is 0 Å². The molecule has 4 saturated carbocycles. The quantitative estimate of drug-likeness (QED) is 0.716. The molecule has 0 aliphatic heterocycles.